The molecule has 2 aromatic heterocycles. The first-order valence-corrected chi connectivity index (χ1v) is 10.8. The zero-order valence-electron chi connectivity index (χ0n) is 18.6. The van der Waals surface area contributed by atoms with Crippen LogP contribution in [0.4, 0.5) is 5.69 Å². The Bertz CT molecular complexity index is 1130. The quantitative estimate of drug-likeness (QED) is 0.645. The lowest BCUT2D eigenvalue weighted by molar-refractivity contribution is 0.0568. The van der Waals surface area contributed by atoms with Gasteiger partial charge >= 0.3 is 0 Å². The second-order valence-corrected chi connectivity index (χ2v) is 8.41. The Labute approximate surface area is 188 Å². The van der Waals surface area contributed by atoms with E-state index in [9.17, 15) is 10.1 Å². The molecule has 4 rings (SSSR count). The van der Waals surface area contributed by atoms with E-state index in [-0.39, 0.29) is 12.0 Å². The van der Waals surface area contributed by atoms with Crippen molar-refractivity contribution >= 4 is 11.6 Å². The first-order valence-electron chi connectivity index (χ1n) is 10.8. The molecule has 2 heterocycles. The third-order valence-corrected chi connectivity index (χ3v) is 6.38. The van der Waals surface area contributed by atoms with Gasteiger partial charge in [-0.25, -0.2) is 4.68 Å². The minimum atomic E-state index is -0.594. The van der Waals surface area contributed by atoms with Crippen molar-refractivity contribution in [3.05, 3.63) is 71.3 Å². The summed E-state index contributed by atoms with van der Waals surface area (Å²) >= 11 is 0. The molecule has 1 aliphatic carbocycles. The van der Waals surface area contributed by atoms with Crippen LogP contribution >= 0.6 is 0 Å². The number of nitrogens with one attached hydrogen (secondary N) is 1. The largest absolute Gasteiger partial charge is 0.381 e. The van der Waals surface area contributed by atoms with Crippen LogP contribution in [0.25, 0.3) is 5.69 Å². The third-order valence-electron chi connectivity index (χ3n) is 6.38. The number of rotatable bonds is 5. The molecule has 32 heavy (non-hydrogen) atoms. The molecule has 0 atom stereocenters. The van der Waals surface area contributed by atoms with Gasteiger partial charge in [-0.1, -0.05) is 17.7 Å². The normalized spacial score (nSPS) is 20.5. The fourth-order valence-electron chi connectivity index (χ4n) is 4.27. The Hall–Kier alpha value is -3.50. The van der Waals surface area contributed by atoms with E-state index in [4.69, 9.17) is 4.74 Å². The summed E-state index contributed by atoms with van der Waals surface area (Å²) in [6, 6.07) is 14.1. The maximum absolute atomic E-state index is 12.9. The van der Waals surface area contributed by atoms with Crippen LogP contribution in [0.1, 0.15) is 53.0 Å². The Morgan fingerprint density at radius 2 is 1.88 bits per heavy atom. The highest BCUT2D eigenvalue weighted by Crippen LogP contribution is 2.39. The van der Waals surface area contributed by atoms with Gasteiger partial charge in [-0.3, -0.25) is 9.78 Å². The number of nitriles is 1. The number of nitrogens with zero attached hydrogens (tertiary/aromatic N) is 4. The molecule has 0 radical (unpaired) electrons. The van der Waals surface area contributed by atoms with Gasteiger partial charge in [0.25, 0.3) is 5.91 Å². The van der Waals surface area contributed by atoms with Gasteiger partial charge in [0.15, 0.2) is 0 Å². The number of hydrogen-bond acceptors (Lipinski definition) is 5. The Morgan fingerprint density at radius 1 is 1.16 bits per heavy atom. The number of anilines is 1. The summed E-state index contributed by atoms with van der Waals surface area (Å²) in [5.74, 6) is -0.244. The van der Waals surface area contributed by atoms with Crippen molar-refractivity contribution in [3.63, 3.8) is 0 Å². The lowest BCUT2D eigenvalue weighted by Crippen LogP contribution is -2.33. The van der Waals surface area contributed by atoms with Gasteiger partial charge in [-0.2, -0.15) is 10.4 Å². The van der Waals surface area contributed by atoms with E-state index in [1.807, 2.05) is 50.2 Å². The molecule has 0 bridgehead atoms. The highest BCUT2D eigenvalue weighted by atomic mass is 16.5. The highest BCUT2D eigenvalue weighted by molar-refractivity contribution is 6.04. The molecule has 1 amide bonds. The van der Waals surface area contributed by atoms with Gasteiger partial charge in [0, 0.05) is 7.11 Å². The number of carbonyl (C=O) groups excluding carboxylic acids is 1. The first kappa shape index (κ1) is 21.7. The van der Waals surface area contributed by atoms with Crippen molar-refractivity contribution in [1.82, 2.24) is 14.8 Å². The van der Waals surface area contributed by atoms with Crippen molar-refractivity contribution in [2.24, 2.45) is 0 Å². The lowest BCUT2D eigenvalue weighted by atomic mass is 9.72. The van der Waals surface area contributed by atoms with Gasteiger partial charge in [-0.15, -0.1) is 0 Å². The smallest absolute Gasteiger partial charge is 0.259 e. The molecular formula is C25H27N5O2. The standard InChI is InChI=1S/C25H27N5O2/c1-17-4-7-20(8-5-17)30-18(2)22(15-28-30)24(31)29-19-6-9-23(27-14-19)25(16-26)12-10-21(32-3)11-13-25/h4-9,14-15,21H,10-13H2,1-3H3,(H,29,31)/t21-,25-. The average Bonchev–Trinajstić information content (AvgIpc) is 3.21. The van der Waals surface area contributed by atoms with Crippen LogP contribution in [-0.2, 0) is 10.2 Å². The van der Waals surface area contributed by atoms with E-state index in [2.05, 4.69) is 21.5 Å². The average molecular weight is 430 g/mol. The number of carbonyl (C=O) groups is 1. The van der Waals surface area contributed by atoms with Crippen molar-refractivity contribution in [1.29, 1.82) is 5.26 Å². The predicted molar refractivity (Wildman–Crippen MR) is 122 cm³/mol. The summed E-state index contributed by atoms with van der Waals surface area (Å²) in [4.78, 5) is 17.4. The monoisotopic (exact) mass is 429 g/mol. The number of aromatic nitrogens is 3. The van der Waals surface area contributed by atoms with Crippen LogP contribution in [0.2, 0.25) is 0 Å². The van der Waals surface area contributed by atoms with E-state index in [1.54, 1.807) is 24.2 Å². The van der Waals surface area contributed by atoms with E-state index in [0.717, 1.165) is 48.3 Å². The molecule has 1 N–H and O–H groups in total. The molecular weight excluding hydrogens is 402 g/mol. The number of pyridine rings is 1. The lowest BCUT2D eigenvalue weighted by Gasteiger charge is -2.33. The van der Waals surface area contributed by atoms with Crippen molar-refractivity contribution in [3.8, 4) is 11.8 Å². The van der Waals surface area contributed by atoms with Crippen molar-refractivity contribution < 1.29 is 9.53 Å². The summed E-state index contributed by atoms with van der Waals surface area (Å²) in [6.07, 6.45) is 6.53. The van der Waals surface area contributed by atoms with Crippen LogP contribution in [-0.4, -0.2) is 33.9 Å². The van der Waals surface area contributed by atoms with Gasteiger partial charge < -0.3 is 10.1 Å². The number of aryl methyl sites for hydroxylation is 1. The van der Waals surface area contributed by atoms with Crippen LogP contribution in [0.3, 0.4) is 0 Å². The molecule has 3 aromatic rings. The number of hydrogen-bond donors (Lipinski definition) is 1. The maximum Gasteiger partial charge on any atom is 0.259 e. The summed E-state index contributed by atoms with van der Waals surface area (Å²) in [7, 11) is 1.71. The Balaban J connectivity index is 1.48. The molecule has 7 heteroatoms. The molecule has 1 aliphatic rings. The molecule has 0 aliphatic heterocycles. The van der Waals surface area contributed by atoms with Crippen LogP contribution in [0.5, 0.6) is 0 Å². The maximum atomic E-state index is 12.9. The summed E-state index contributed by atoms with van der Waals surface area (Å²) in [5.41, 5.74) is 4.07. The van der Waals surface area contributed by atoms with E-state index < -0.39 is 5.41 Å². The second kappa shape index (κ2) is 8.93. The van der Waals surface area contributed by atoms with Gasteiger partial charge in [-0.05, 0) is 63.8 Å². The molecule has 1 saturated carbocycles. The topological polar surface area (TPSA) is 92.8 Å². The zero-order chi connectivity index (χ0) is 22.7. The fraction of sp³-hybridized carbons (Fsp3) is 0.360. The third kappa shape index (κ3) is 4.14. The van der Waals surface area contributed by atoms with E-state index >= 15 is 0 Å². The number of ether oxygens (including phenoxy) is 1. The molecule has 0 saturated heterocycles. The fourth-order valence-corrected chi connectivity index (χ4v) is 4.27. The van der Waals surface area contributed by atoms with Crippen LogP contribution < -0.4 is 5.32 Å². The minimum Gasteiger partial charge on any atom is -0.381 e. The minimum absolute atomic E-state index is 0.208. The molecule has 7 nitrogen and oxygen atoms in total. The Morgan fingerprint density at radius 3 is 2.47 bits per heavy atom. The number of benzene rings is 1. The number of methoxy groups -OCH3 is 1. The number of amides is 1. The van der Waals surface area contributed by atoms with Gasteiger partial charge in [0.05, 0.1) is 58.3 Å². The molecule has 1 fully saturated rings. The first-order chi connectivity index (χ1) is 15.5. The predicted octanol–water partition coefficient (Wildman–Crippen LogP) is 4.49. The van der Waals surface area contributed by atoms with Crippen LogP contribution in [0, 0.1) is 25.2 Å². The second-order valence-electron chi connectivity index (χ2n) is 8.41. The summed E-state index contributed by atoms with van der Waals surface area (Å²) < 4.78 is 7.18. The Kier molecular flexibility index (Phi) is 6.06. The van der Waals surface area contributed by atoms with Crippen molar-refractivity contribution in [2.75, 3.05) is 12.4 Å². The van der Waals surface area contributed by atoms with Crippen LogP contribution in [0.15, 0.2) is 48.8 Å². The van der Waals surface area contributed by atoms with Gasteiger partial charge in [0.1, 0.15) is 0 Å². The highest BCUT2D eigenvalue weighted by Gasteiger charge is 2.38. The SMILES string of the molecule is CO[C@H]1CC[C@](C#N)(c2ccc(NC(=O)c3cnn(-c4ccc(C)cc4)c3C)cn2)CC1. The van der Waals surface area contributed by atoms with E-state index in [0.29, 0.717) is 11.3 Å². The van der Waals surface area contributed by atoms with E-state index in [1.165, 1.54) is 0 Å². The summed E-state index contributed by atoms with van der Waals surface area (Å²) in [6.45, 7) is 3.90. The zero-order valence-corrected chi connectivity index (χ0v) is 18.6. The molecule has 1 aromatic carbocycles. The van der Waals surface area contributed by atoms with Gasteiger partial charge in [0.2, 0.25) is 0 Å². The molecule has 0 spiro atoms. The van der Waals surface area contributed by atoms with Crippen molar-refractivity contribution in [2.45, 2.75) is 51.0 Å². The summed E-state index contributed by atoms with van der Waals surface area (Å²) in [5, 5.41) is 17.1. The molecule has 0 unspecified atom stereocenters. The molecule has 164 valence electrons.